The van der Waals surface area contributed by atoms with E-state index in [9.17, 15) is 0 Å². The molecule has 13 heavy (non-hydrogen) atoms. The Labute approximate surface area is 93.6 Å². The minimum Gasteiger partial charge on any atom is -0.144 e. The molecule has 1 heterocycles. The van der Waals surface area contributed by atoms with Gasteiger partial charge in [-0.15, -0.1) is 11.3 Å². The fourth-order valence-electron chi connectivity index (χ4n) is 0.855. The SMILES string of the molecule is [B]c1cc(/C=C/C(C)(C)C)c(Br)s1. The van der Waals surface area contributed by atoms with Gasteiger partial charge in [0.15, 0.2) is 0 Å². The van der Waals surface area contributed by atoms with E-state index < -0.39 is 0 Å². The maximum absolute atomic E-state index is 5.67. The Morgan fingerprint density at radius 3 is 2.46 bits per heavy atom. The number of halogens is 1. The van der Waals surface area contributed by atoms with Gasteiger partial charge in [-0.3, -0.25) is 0 Å². The van der Waals surface area contributed by atoms with Gasteiger partial charge in [-0.05, 0) is 31.7 Å². The summed E-state index contributed by atoms with van der Waals surface area (Å²) in [4.78, 5) is 0. The molecule has 0 bridgehead atoms. The highest BCUT2D eigenvalue weighted by Gasteiger charge is 2.05. The van der Waals surface area contributed by atoms with Gasteiger partial charge in [0, 0.05) is 0 Å². The fourth-order valence-corrected chi connectivity index (χ4v) is 2.30. The van der Waals surface area contributed by atoms with Crippen LogP contribution in [0.3, 0.4) is 0 Å². The Bertz CT molecular complexity index is 320. The summed E-state index contributed by atoms with van der Waals surface area (Å²) in [6.45, 7) is 6.52. The number of hydrogen-bond donors (Lipinski definition) is 0. The lowest BCUT2D eigenvalue weighted by Crippen LogP contribution is -1.98. The molecule has 0 spiro atoms. The first kappa shape index (κ1) is 11.1. The Hall–Kier alpha value is -0.0151. The molecule has 0 aliphatic heterocycles. The second-order valence-electron chi connectivity index (χ2n) is 4.08. The summed E-state index contributed by atoms with van der Waals surface area (Å²) in [5.74, 6) is 0. The first-order valence-corrected chi connectivity index (χ1v) is 5.73. The first-order chi connectivity index (χ1) is 5.88. The maximum Gasteiger partial charge on any atom is 0.128 e. The van der Waals surface area contributed by atoms with Crippen LogP contribution in [0.1, 0.15) is 26.3 Å². The fraction of sp³-hybridized carbons (Fsp3) is 0.400. The van der Waals surface area contributed by atoms with E-state index in [0.29, 0.717) is 0 Å². The van der Waals surface area contributed by atoms with E-state index in [2.05, 4.69) is 48.9 Å². The second kappa shape index (κ2) is 4.01. The minimum atomic E-state index is 0.218. The van der Waals surface area contributed by atoms with Gasteiger partial charge in [-0.2, -0.15) is 0 Å². The quantitative estimate of drug-likeness (QED) is 0.675. The molecule has 1 aromatic heterocycles. The van der Waals surface area contributed by atoms with Gasteiger partial charge in [0.25, 0.3) is 0 Å². The van der Waals surface area contributed by atoms with Gasteiger partial charge < -0.3 is 0 Å². The monoisotopic (exact) mass is 254 g/mol. The van der Waals surface area contributed by atoms with E-state index in [1.165, 1.54) is 0 Å². The van der Waals surface area contributed by atoms with E-state index in [1.54, 1.807) is 11.3 Å². The molecule has 1 rings (SSSR count). The van der Waals surface area contributed by atoms with Crippen molar-refractivity contribution in [1.29, 1.82) is 0 Å². The molecular weight excluding hydrogens is 243 g/mol. The van der Waals surface area contributed by atoms with Crippen LogP contribution in [0.5, 0.6) is 0 Å². The molecule has 0 saturated heterocycles. The predicted octanol–water partition coefficient (Wildman–Crippen LogP) is 3.36. The molecular formula is C10H12BBrS. The molecule has 0 amide bonds. The summed E-state index contributed by atoms with van der Waals surface area (Å²) in [6.07, 6.45) is 4.29. The van der Waals surface area contributed by atoms with Gasteiger partial charge in [-0.25, -0.2) is 0 Å². The molecule has 0 fully saturated rings. The largest absolute Gasteiger partial charge is 0.144 e. The van der Waals surface area contributed by atoms with Crippen LogP contribution >= 0.6 is 27.3 Å². The Morgan fingerprint density at radius 1 is 1.46 bits per heavy atom. The molecule has 0 aliphatic rings. The normalized spacial score (nSPS) is 12.6. The van der Waals surface area contributed by atoms with Crippen molar-refractivity contribution in [2.24, 2.45) is 5.41 Å². The number of allylic oxidation sites excluding steroid dienone is 1. The summed E-state index contributed by atoms with van der Waals surface area (Å²) < 4.78 is 1.95. The molecule has 0 nitrogen and oxygen atoms in total. The van der Waals surface area contributed by atoms with E-state index >= 15 is 0 Å². The summed E-state index contributed by atoms with van der Waals surface area (Å²) in [5.41, 5.74) is 1.38. The lowest BCUT2D eigenvalue weighted by Gasteiger charge is -2.10. The van der Waals surface area contributed by atoms with Crippen molar-refractivity contribution in [3.8, 4) is 0 Å². The lowest BCUT2D eigenvalue weighted by molar-refractivity contribution is 0.547. The molecule has 0 unspecified atom stereocenters. The van der Waals surface area contributed by atoms with E-state index in [0.717, 1.165) is 14.1 Å². The van der Waals surface area contributed by atoms with Crippen molar-refractivity contribution in [2.45, 2.75) is 20.8 Å². The van der Waals surface area contributed by atoms with Gasteiger partial charge in [-0.1, -0.05) is 39.0 Å². The van der Waals surface area contributed by atoms with E-state index in [4.69, 9.17) is 7.85 Å². The average molecular weight is 255 g/mol. The molecule has 2 radical (unpaired) electrons. The van der Waals surface area contributed by atoms with Crippen LogP contribution in [0.15, 0.2) is 15.9 Å². The molecule has 0 N–H and O–H groups in total. The number of thiophene rings is 1. The third-order valence-corrected chi connectivity index (χ3v) is 3.21. The highest BCUT2D eigenvalue weighted by Crippen LogP contribution is 2.25. The van der Waals surface area contributed by atoms with Gasteiger partial charge in [0.1, 0.15) is 7.85 Å². The van der Waals surface area contributed by atoms with Crippen molar-refractivity contribution in [2.75, 3.05) is 0 Å². The zero-order valence-electron chi connectivity index (χ0n) is 8.10. The molecule has 0 aromatic carbocycles. The Kier molecular flexibility index (Phi) is 3.41. The summed E-state index contributed by atoms with van der Waals surface area (Å²) in [5, 5.41) is 0. The highest BCUT2D eigenvalue weighted by molar-refractivity contribution is 9.11. The van der Waals surface area contributed by atoms with Gasteiger partial charge >= 0.3 is 0 Å². The molecule has 0 aliphatic carbocycles. The average Bonchev–Trinajstić information content (AvgIpc) is 2.24. The molecule has 0 saturated carbocycles. The van der Waals surface area contributed by atoms with Crippen molar-refractivity contribution < 1.29 is 0 Å². The third-order valence-electron chi connectivity index (χ3n) is 1.50. The highest BCUT2D eigenvalue weighted by atomic mass is 79.9. The van der Waals surface area contributed by atoms with Crippen LogP contribution < -0.4 is 4.78 Å². The van der Waals surface area contributed by atoms with Crippen LogP contribution in [-0.4, -0.2) is 7.85 Å². The molecule has 0 atom stereocenters. The Morgan fingerprint density at radius 2 is 2.08 bits per heavy atom. The number of hydrogen-bond acceptors (Lipinski definition) is 1. The minimum absolute atomic E-state index is 0.218. The maximum atomic E-state index is 5.67. The Balaban J connectivity index is 2.86. The van der Waals surface area contributed by atoms with E-state index in [-0.39, 0.29) is 5.41 Å². The van der Waals surface area contributed by atoms with Crippen molar-refractivity contribution >= 4 is 46.0 Å². The standard InChI is InChI=1S/C10H12BBrS/c1-10(2,3)5-4-7-6-8(11)13-9(7)12/h4-6H,1-3H3/b5-4+. The van der Waals surface area contributed by atoms with Gasteiger partial charge in [0.05, 0.1) is 3.79 Å². The van der Waals surface area contributed by atoms with Crippen LogP contribution in [0.25, 0.3) is 6.08 Å². The van der Waals surface area contributed by atoms with E-state index in [1.807, 2.05) is 6.07 Å². The smallest absolute Gasteiger partial charge is 0.128 e. The predicted molar refractivity (Wildman–Crippen MR) is 65.9 cm³/mol. The van der Waals surface area contributed by atoms with Crippen molar-refractivity contribution in [3.05, 3.63) is 21.5 Å². The van der Waals surface area contributed by atoms with Crippen LogP contribution in [0.4, 0.5) is 0 Å². The van der Waals surface area contributed by atoms with Crippen molar-refractivity contribution in [3.63, 3.8) is 0 Å². The van der Waals surface area contributed by atoms with Crippen molar-refractivity contribution in [1.82, 2.24) is 0 Å². The van der Waals surface area contributed by atoms with Crippen LogP contribution in [0, 0.1) is 5.41 Å². The summed E-state index contributed by atoms with van der Waals surface area (Å²) >= 11 is 5.04. The lowest BCUT2D eigenvalue weighted by atomic mass is 9.95. The summed E-state index contributed by atoms with van der Waals surface area (Å²) in [6, 6.07) is 1.98. The van der Waals surface area contributed by atoms with Crippen LogP contribution in [0.2, 0.25) is 0 Å². The first-order valence-electron chi connectivity index (χ1n) is 4.12. The molecule has 3 heteroatoms. The third kappa shape index (κ3) is 3.69. The number of rotatable bonds is 1. The van der Waals surface area contributed by atoms with Gasteiger partial charge in [0.2, 0.25) is 0 Å². The molecule has 68 valence electrons. The summed E-state index contributed by atoms with van der Waals surface area (Å²) in [7, 11) is 5.67. The topological polar surface area (TPSA) is 0 Å². The zero-order valence-corrected chi connectivity index (χ0v) is 10.5. The second-order valence-corrected chi connectivity index (χ2v) is 6.48. The molecule has 1 aromatic rings. The van der Waals surface area contributed by atoms with Crippen LogP contribution in [-0.2, 0) is 0 Å². The zero-order chi connectivity index (χ0) is 10.1.